The van der Waals surface area contributed by atoms with Gasteiger partial charge in [0.25, 0.3) is 0 Å². The van der Waals surface area contributed by atoms with Gasteiger partial charge in [0.05, 0.1) is 33.1 Å². The van der Waals surface area contributed by atoms with Gasteiger partial charge in [-0.05, 0) is 87.8 Å². The van der Waals surface area contributed by atoms with E-state index in [1.165, 1.54) is 6.92 Å². The average molecular weight is 653 g/mol. The summed E-state index contributed by atoms with van der Waals surface area (Å²) in [4.78, 5) is 52.5. The smallest absolute Gasteiger partial charge is 0.407 e. The molecule has 0 bridgehead atoms. The molecule has 4 rings (SSSR count). The quantitative estimate of drug-likeness (QED) is 0.315. The summed E-state index contributed by atoms with van der Waals surface area (Å²) in [5, 5.41) is 9.13. The third kappa shape index (κ3) is 8.87. The van der Waals surface area contributed by atoms with Crippen LogP contribution in [0.2, 0.25) is 0 Å². The van der Waals surface area contributed by atoms with E-state index in [0.29, 0.717) is 86.7 Å². The van der Waals surface area contributed by atoms with Crippen LogP contribution >= 0.6 is 0 Å². The summed E-state index contributed by atoms with van der Waals surface area (Å²) in [6.07, 6.45) is 2.94. The zero-order valence-electron chi connectivity index (χ0n) is 28.5. The number of ether oxygens (including phenoxy) is 4. The molecule has 0 saturated carbocycles. The first-order valence-electron chi connectivity index (χ1n) is 16.1. The zero-order valence-corrected chi connectivity index (χ0v) is 28.5. The fraction of sp³-hybridized carbons (Fsp3) is 0.543. The van der Waals surface area contributed by atoms with Gasteiger partial charge >= 0.3 is 6.09 Å². The molecule has 1 aliphatic carbocycles. The molecule has 256 valence electrons. The number of anilines is 1. The van der Waals surface area contributed by atoms with Crippen molar-refractivity contribution in [2.45, 2.75) is 83.9 Å². The van der Waals surface area contributed by atoms with Crippen LogP contribution in [0.15, 0.2) is 29.1 Å². The Balaban J connectivity index is 1.46. The van der Waals surface area contributed by atoms with E-state index in [9.17, 15) is 19.2 Å². The lowest BCUT2D eigenvalue weighted by atomic mass is 9.95. The summed E-state index contributed by atoms with van der Waals surface area (Å²) in [6, 6.07) is 6.67. The predicted molar refractivity (Wildman–Crippen MR) is 179 cm³/mol. The number of fused-ring (bicyclic) bond motifs is 3. The third-order valence-electron chi connectivity index (χ3n) is 8.37. The largest absolute Gasteiger partial charge is 0.493 e. The van der Waals surface area contributed by atoms with Gasteiger partial charge in [-0.2, -0.15) is 0 Å². The van der Waals surface area contributed by atoms with E-state index < -0.39 is 17.7 Å². The normalized spacial score (nSPS) is 16.1. The van der Waals surface area contributed by atoms with Gasteiger partial charge < -0.3 is 39.8 Å². The number of amides is 3. The molecule has 1 heterocycles. The Hall–Kier alpha value is -4.48. The molecule has 1 fully saturated rings. The lowest BCUT2D eigenvalue weighted by Gasteiger charge is -2.33. The second-order valence-corrected chi connectivity index (χ2v) is 12.9. The SMILES string of the molecule is COc1cc2c(c(OC)c1OC)-c1ccc(NCCCC(=O)N3CCC(NC(=O)OC(C)(C)C)CC3)c(=O)cc1C(NC(C)=O)CC2. The molecule has 0 radical (unpaired) electrons. The van der Waals surface area contributed by atoms with Crippen molar-refractivity contribution >= 4 is 23.6 Å². The number of hydrogen-bond donors (Lipinski definition) is 3. The van der Waals surface area contributed by atoms with Crippen LogP contribution < -0.4 is 35.6 Å². The summed E-state index contributed by atoms with van der Waals surface area (Å²) < 4.78 is 22.4. The fourth-order valence-electron chi connectivity index (χ4n) is 6.22. The molecular weight excluding hydrogens is 604 g/mol. The van der Waals surface area contributed by atoms with Crippen molar-refractivity contribution in [1.29, 1.82) is 0 Å². The Kier molecular flexibility index (Phi) is 11.6. The van der Waals surface area contributed by atoms with Crippen molar-refractivity contribution in [3.05, 3.63) is 45.6 Å². The number of likely N-dealkylation sites (tertiary alicyclic amines) is 1. The summed E-state index contributed by atoms with van der Waals surface area (Å²) in [6.45, 7) is 8.48. The minimum absolute atomic E-state index is 0.0275. The lowest BCUT2D eigenvalue weighted by Crippen LogP contribution is -2.47. The first kappa shape index (κ1) is 35.4. The highest BCUT2D eigenvalue weighted by atomic mass is 16.6. The highest BCUT2D eigenvalue weighted by Gasteiger charge is 2.30. The number of carbonyl (C=O) groups is 3. The predicted octanol–water partition coefficient (Wildman–Crippen LogP) is 4.57. The van der Waals surface area contributed by atoms with E-state index in [-0.39, 0.29) is 23.3 Å². The van der Waals surface area contributed by atoms with Crippen LogP contribution in [0.4, 0.5) is 10.5 Å². The Morgan fingerprint density at radius 3 is 2.26 bits per heavy atom. The van der Waals surface area contributed by atoms with Crippen molar-refractivity contribution in [2.75, 3.05) is 46.3 Å². The highest BCUT2D eigenvalue weighted by Crippen LogP contribution is 2.50. The minimum Gasteiger partial charge on any atom is -0.493 e. The number of hydrogen-bond acceptors (Lipinski definition) is 9. The van der Waals surface area contributed by atoms with Crippen molar-refractivity contribution < 1.29 is 33.3 Å². The highest BCUT2D eigenvalue weighted by molar-refractivity contribution is 5.84. The number of aryl methyl sites for hydroxylation is 1. The molecule has 12 nitrogen and oxygen atoms in total. The Labute approximate surface area is 276 Å². The molecule has 1 atom stereocenters. The van der Waals surface area contributed by atoms with E-state index in [2.05, 4.69) is 16.0 Å². The van der Waals surface area contributed by atoms with Crippen LogP contribution in [0.1, 0.15) is 77.0 Å². The average Bonchev–Trinajstić information content (AvgIpc) is 3.25. The maximum Gasteiger partial charge on any atom is 0.407 e. The van der Waals surface area contributed by atoms with Crippen molar-refractivity contribution in [3.63, 3.8) is 0 Å². The van der Waals surface area contributed by atoms with Crippen molar-refractivity contribution in [3.8, 4) is 28.4 Å². The first-order valence-corrected chi connectivity index (χ1v) is 16.1. The van der Waals surface area contributed by atoms with Gasteiger partial charge in [-0.1, -0.05) is 6.07 Å². The Bertz CT molecular complexity index is 1530. The van der Waals surface area contributed by atoms with E-state index >= 15 is 0 Å². The second-order valence-electron chi connectivity index (χ2n) is 12.9. The number of nitrogens with one attached hydrogen (secondary N) is 3. The lowest BCUT2D eigenvalue weighted by molar-refractivity contribution is -0.132. The van der Waals surface area contributed by atoms with Gasteiger partial charge in [0.15, 0.2) is 11.5 Å². The molecule has 0 aromatic heterocycles. The molecule has 2 aromatic carbocycles. The first-order chi connectivity index (χ1) is 22.3. The van der Waals surface area contributed by atoms with Crippen LogP contribution in [0.5, 0.6) is 17.2 Å². The molecular formula is C35H48N4O8. The molecule has 3 amide bonds. The molecule has 1 unspecified atom stereocenters. The number of piperidine rings is 1. The molecule has 12 heteroatoms. The van der Waals surface area contributed by atoms with Crippen LogP contribution in [0, 0.1) is 0 Å². The topological polar surface area (TPSA) is 145 Å². The van der Waals surface area contributed by atoms with Gasteiger partial charge in [0.1, 0.15) is 5.60 Å². The van der Waals surface area contributed by atoms with Gasteiger partial charge in [-0.3, -0.25) is 14.4 Å². The van der Waals surface area contributed by atoms with Gasteiger partial charge in [0, 0.05) is 44.6 Å². The van der Waals surface area contributed by atoms with Crippen LogP contribution in [0.25, 0.3) is 11.1 Å². The monoisotopic (exact) mass is 652 g/mol. The number of benzene rings is 1. The van der Waals surface area contributed by atoms with E-state index in [4.69, 9.17) is 18.9 Å². The molecule has 1 saturated heterocycles. The van der Waals surface area contributed by atoms with Crippen LogP contribution in [-0.4, -0.2) is 75.4 Å². The number of methoxy groups -OCH3 is 3. The number of rotatable bonds is 10. The van der Waals surface area contributed by atoms with E-state index in [1.54, 1.807) is 33.5 Å². The van der Waals surface area contributed by atoms with Crippen LogP contribution in [0.3, 0.4) is 0 Å². The summed E-state index contributed by atoms with van der Waals surface area (Å²) >= 11 is 0. The number of alkyl carbamates (subject to hydrolysis) is 1. The summed E-state index contributed by atoms with van der Waals surface area (Å²) in [7, 11) is 4.68. The van der Waals surface area contributed by atoms with Gasteiger partial charge in [-0.25, -0.2) is 4.79 Å². The van der Waals surface area contributed by atoms with Gasteiger partial charge in [-0.15, -0.1) is 0 Å². The van der Waals surface area contributed by atoms with Crippen molar-refractivity contribution in [2.24, 2.45) is 0 Å². The Morgan fingerprint density at radius 2 is 1.64 bits per heavy atom. The molecule has 1 aliphatic heterocycles. The maximum atomic E-state index is 13.5. The minimum atomic E-state index is -0.561. The third-order valence-corrected chi connectivity index (χ3v) is 8.37. The summed E-state index contributed by atoms with van der Waals surface area (Å²) in [5.74, 6) is 1.31. The van der Waals surface area contributed by atoms with Crippen molar-refractivity contribution in [1.82, 2.24) is 15.5 Å². The van der Waals surface area contributed by atoms with E-state index in [1.807, 2.05) is 37.8 Å². The molecule has 0 spiro atoms. The summed E-state index contributed by atoms with van der Waals surface area (Å²) in [5.41, 5.74) is 2.77. The zero-order chi connectivity index (χ0) is 34.3. The van der Waals surface area contributed by atoms with E-state index in [0.717, 1.165) is 16.7 Å². The van der Waals surface area contributed by atoms with Gasteiger partial charge in [0.2, 0.25) is 23.0 Å². The standard InChI is InChI=1S/C35H48N4O8/c1-21(40)37-26-12-10-22-19-29(44-5)32(45-6)33(46-7)31(22)24-11-13-27(28(41)20-25(24)26)36-16-8-9-30(42)39-17-14-23(15-18-39)38-34(43)47-35(2,3)4/h11,13,19-20,23,26H,8-10,12,14-18H2,1-7H3,(H,36,41)(H,37,40)(H,38,43). The maximum absolute atomic E-state index is 13.5. The number of carbonyl (C=O) groups excluding carboxylic acids is 3. The molecule has 47 heavy (non-hydrogen) atoms. The van der Waals surface area contributed by atoms with Crippen LogP contribution in [-0.2, 0) is 20.7 Å². The second kappa shape index (κ2) is 15.4. The molecule has 3 N–H and O–H groups in total. The number of nitrogens with zero attached hydrogens (tertiary/aromatic N) is 1. The molecule has 2 aliphatic rings. The fourth-order valence-corrected chi connectivity index (χ4v) is 6.22. The Morgan fingerprint density at radius 1 is 0.936 bits per heavy atom. The molecule has 2 aromatic rings.